The molecule has 0 saturated carbocycles. The summed E-state index contributed by atoms with van der Waals surface area (Å²) in [6.07, 6.45) is 3.42. The van der Waals surface area contributed by atoms with Crippen LogP contribution in [0, 0.1) is 0 Å². The van der Waals surface area contributed by atoms with Gasteiger partial charge in [-0.3, -0.25) is 9.69 Å². The third-order valence-corrected chi connectivity index (χ3v) is 5.79. The van der Waals surface area contributed by atoms with Crippen molar-refractivity contribution in [1.29, 1.82) is 0 Å². The Kier molecular flexibility index (Phi) is 5.93. The van der Waals surface area contributed by atoms with Gasteiger partial charge in [0.25, 0.3) is 0 Å². The van der Waals surface area contributed by atoms with Gasteiger partial charge in [-0.15, -0.1) is 0 Å². The maximum atomic E-state index is 12.6. The lowest BCUT2D eigenvalue weighted by molar-refractivity contribution is -0.117. The van der Waals surface area contributed by atoms with E-state index in [1.54, 1.807) is 0 Å². The van der Waals surface area contributed by atoms with Crippen molar-refractivity contribution in [3.8, 4) is 0 Å². The Morgan fingerprint density at radius 3 is 2.68 bits per heavy atom. The van der Waals surface area contributed by atoms with Crippen LogP contribution >= 0.6 is 0 Å². The van der Waals surface area contributed by atoms with Crippen LogP contribution in [-0.4, -0.2) is 50.7 Å². The fourth-order valence-electron chi connectivity index (χ4n) is 4.30. The highest BCUT2D eigenvalue weighted by atomic mass is 16.5. The molecule has 0 bridgehead atoms. The zero-order valence-electron chi connectivity index (χ0n) is 16.6. The summed E-state index contributed by atoms with van der Waals surface area (Å²) in [4.78, 5) is 17.1. The molecule has 148 valence electrons. The molecule has 2 aromatic rings. The third-order valence-electron chi connectivity index (χ3n) is 5.79. The molecule has 5 heteroatoms. The van der Waals surface area contributed by atoms with E-state index in [0.29, 0.717) is 12.6 Å². The number of rotatable bonds is 5. The number of hydrogen-bond donors (Lipinski definition) is 1. The van der Waals surface area contributed by atoms with E-state index >= 15 is 0 Å². The summed E-state index contributed by atoms with van der Waals surface area (Å²) in [5, 5.41) is 3.04. The van der Waals surface area contributed by atoms with E-state index in [4.69, 9.17) is 4.74 Å². The van der Waals surface area contributed by atoms with Gasteiger partial charge < -0.3 is 15.0 Å². The number of nitrogens with one attached hydrogen (secondary N) is 1. The number of fused-ring (bicyclic) bond motifs is 1. The number of likely N-dealkylation sites (N-methyl/N-ethyl adjacent to an activating group) is 1. The predicted molar refractivity (Wildman–Crippen MR) is 113 cm³/mol. The molecule has 0 unspecified atom stereocenters. The Bertz CT molecular complexity index is 800. The second-order valence-electron chi connectivity index (χ2n) is 7.72. The van der Waals surface area contributed by atoms with Gasteiger partial charge in [-0.05, 0) is 61.7 Å². The molecule has 0 spiro atoms. The average molecular weight is 380 g/mol. The first-order valence-electron chi connectivity index (χ1n) is 10.2. The van der Waals surface area contributed by atoms with Crippen LogP contribution < -0.4 is 10.2 Å². The van der Waals surface area contributed by atoms with Crippen molar-refractivity contribution in [2.24, 2.45) is 0 Å². The molecule has 5 nitrogen and oxygen atoms in total. The Labute approximate surface area is 167 Å². The lowest BCUT2D eigenvalue weighted by Gasteiger charge is -2.33. The fourth-order valence-corrected chi connectivity index (χ4v) is 4.30. The summed E-state index contributed by atoms with van der Waals surface area (Å²) in [6, 6.07) is 17.1. The minimum absolute atomic E-state index is 0.0321. The predicted octanol–water partition coefficient (Wildman–Crippen LogP) is 3.47. The molecule has 1 amide bonds. The first-order chi connectivity index (χ1) is 13.7. The van der Waals surface area contributed by atoms with E-state index in [0.717, 1.165) is 44.8 Å². The quantitative estimate of drug-likeness (QED) is 0.864. The van der Waals surface area contributed by atoms with Crippen LogP contribution in [0.15, 0.2) is 48.5 Å². The number of carbonyl (C=O) groups is 1. The van der Waals surface area contributed by atoms with Crippen molar-refractivity contribution in [3.05, 3.63) is 59.7 Å². The van der Waals surface area contributed by atoms with Crippen molar-refractivity contribution in [1.82, 2.24) is 4.90 Å². The molecule has 1 aliphatic carbocycles. The number of amides is 1. The highest BCUT2D eigenvalue weighted by Gasteiger charge is 2.24. The second kappa shape index (κ2) is 8.76. The van der Waals surface area contributed by atoms with E-state index in [9.17, 15) is 4.79 Å². The number of aryl methyl sites for hydroxylation is 1. The van der Waals surface area contributed by atoms with Gasteiger partial charge in [0.05, 0.1) is 19.8 Å². The topological polar surface area (TPSA) is 44.8 Å². The molecule has 0 aromatic heterocycles. The van der Waals surface area contributed by atoms with Crippen molar-refractivity contribution < 1.29 is 9.53 Å². The fraction of sp³-hybridized carbons (Fsp3) is 0.435. The van der Waals surface area contributed by atoms with Crippen molar-refractivity contribution in [2.75, 3.05) is 50.1 Å². The van der Waals surface area contributed by atoms with Gasteiger partial charge in [0, 0.05) is 30.5 Å². The largest absolute Gasteiger partial charge is 0.378 e. The van der Waals surface area contributed by atoms with Crippen LogP contribution in [0.2, 0.25) is 0 Å². The molecule has 1 saturated heterocycles. The maximum absolute atomic E-state index is 12.6. The monoisotopic (exact) mass is 379 g/mol. The second-order valence-corrected chi connectivity index (χ2v) is 7.72. The molecule has 1 fully saturated rings. The zero-order chi connectivity index (χ0) is 19.3. The summed E-state index contributed by atoms with van der Waals surface area (Å²) in [5.41, 5.74) is 4.82. The van der Waals surface area contributed by atoms with Crippen molar-refractivity contribution >= 4 is 17.3 Å². The van der Waals surface area contributed by atoms with Crippen molar-refractivity contribution in [3.63, 3.8) is 0 Å². The first kappa shape index (κ1) is 19.0. The molecule has 1 aliphatic heterocycles. The van der Waals surface area contributed by atoms with Gasteiger partial charge in [-0.2, -0.15) is 0 Å². The number of hydrogen-bond acceptors (Lipinski definition) is 4. The van der Waals surface area contributed by atoms with Gasteiger partial charge in [-0.25, -0.2) is 0 Å². The number of morpholine rings is 1. The van der Waals surface area contributed by atoms with Gasteiger partial charge in [0.2, 0.25) is 5.91 Å². The Morgan fingerprint density at radius 1 is 1.14 bits per heavy atom. The first-order valence-corrected chi connectivity index (χ1v) is 10.2. The minimum Gasteiger partial charge on any atom is -0.378 e. The highest BCUT2D eigenvalue weighted by molar-refractivity contribution is 5.92. The molecule has 4 rings (SSSR count). The lowest BCUT2D eigenvalue weighted by Crippen LogP contribution is -2.36. The molecule has 1 N–H and O–H groups in total. The minimum atomic E-state index is 0.0321. The van der Waals surface area contributed by atoms with Gasteiger partial charge in [-0.1, -0.05) is 24.3 Å². The summed E-state index contributed by atoms with van der Waals surface area (Å²) >= 11 is 0. The smallest absolute Gasteiger partial charge is 0.238 e. The van der Waals surface area contributed by atoms with Crippen LogP contribution in [-0.2, 0) is 16.0 Å². The van der Waals surface area contributed by atoms with Crippen LogP contribution in [0.4, 0.5) is 11.4 Å². The molecule has 1 atom stereocenters. The Morgan fingerprint density at radius 2 is 1.89 bits per heavy atom. The number of benzene rings is 2. The highest BCUT2D eigenvalue weighted by Crippen LogP contribution is 2.33. The van der Waals surface area contributed by atoms with E-state index in [-0.39, 0.29) is 5.91 Å². The number of carbonyl (C=O) groups excluding carboxylic acids is 1. The standard InChI is InChI=1S/C23H29N3O2/c1-25(22-8-4-6-18-5-2-3-7-21(18)22)17-23(27)24-19-9-11-20(12-10-19)26-13-15-28-16-14-26/h2-3,5,7,9-12,22H,4,6,8,13-17H2,1H3,(H,24,27)/t22-/m0/s1. The van der Waals surface area contributed by atoms with E-state index in [1.807, 2.05) is 19.2 Å². The van der Waals surface area contributed by atoms with Crippen LogP contribution in [0.25, 0.3) is 0 Å². The molecule has 0 radical (unpaired) electrons. The average Bonchev–Trinajstić information content (AvgIpc) is 2.74. The zero-order valence-corrected chi connectivity index (χ0v) is 16.6. The number of nitrogens with zero attached hydrogens (tertiary/aromatic N) is 2. The van der Waals surface area contributed by atoms with Gasteiger partial charge in [0.15, 0.2) is 0 Å². The van der Waals surface area contributed by atoms with Crippen LogP contribution in [0.3, 0.4) is 0 Å². The molecule has 2 aromatic carbocycles. The molecular formula is C23H29N3O2. The van der Waals surface area contributed by atoms with E-state index < -0.39 is 0 Å². The molecular weight excluding hydrogens is 350 g/mol. The van der Waals surface area contributed by atoms with E-state index in [2.05, 4.69) is 51.5 Å². The van der Waals surface area contributed by atoms with E-state index in [1.165, 1.54) is 23.2 Å². The normalized spacial score (nSPS) is 19.4. The van der Waals surface area contributed by atoms with Crippen LogP contribution in [0.1, 0.15) is 30.0 Å². The Hall–Kier alpha value is -2.37. The van der Waals surface area contributed by atoms with Gasteiger partial charge >= 0.3 is 0 Å². The lowest BCUT2D eigenvalue weighted by atomic mass is 9.87. The SMILES string of the molecule is CN(CC(=O)Nc1ccc(N2CCOCC2)cc1)[C@H]1CCCc2ccccc21. The van der Waals surface area contributed by atoms with Crippen LogP contribution in [0.5, 0.6) is 0 Å². The van der Waals surface area contributed by atoms with Gasteiger partial charge in [0.1, 0.15) is 0 Å². The van der Waals surface area contributed by atoms with Crippen molar-refractivity contribution in [2.45, 2.75) is 25.3 Å². The maximum Gasteiger partial charge on any atom is 0.238 e. The summed E-state index contributed by atoms with van der Waals surface area (Å²) in [6.45, 7) is 3.77. The molecule has 2 aliphatic rings. The number of ether oxygens (including phenoxy) is 1. The molecule has 28 heavy (non-hydrogen) atoms. The summed E-state index contributed by atoms with van der Waals surface area (Å²) < 4.78 is 5.40. The third kappa shape index (κ3) is 4.37. The number of anilines is 2. The summed E-state index contributed by atoms with van der Waals surface area (Å²) in [5.74, 6) is 0.0321. The Balaban J connectivity index is 1.34. The summed E-state index contributed by atoms with van der Waals surface area (Å²) in [7, 11) is 2.05. The molecule has 1 heterocycles.